The molecule has 4 nitrogen and oxygen atoms in total. The van der Waals surface area contributed by atoms with Crippen LogP contribution in [0, 0.1) is 17.3 Å². The van der Waals surface area contributed by atoms with Crippen LogP contribution in [0.25, 0.3) is 0 Å². The lowest BCUT2D eigenvalue weighted by Gasteiger charge is -2.32. The highest BCUT2D eigenvalue weighted by Crippen LogP contribution is 2.31. The Bertz CT molecular complexity index is 254. The van der Waals surface area contributed by atoms with Gasteiger partial charge < -0.3 is 11.1 Å². The predicted molar refractivity (Wildman–Crippen MR) is 64.6 cm³/mol. The zero-order valence-electron chi connectivity index (χ0n) is 11.0. The molecule has 0 aliphatic carbocycles. The third-order valence-electron chi connectivity index (χ3n) is 2.55. The van der Waals surface area contributed by atoms with Crippen molar-refractivity contribution in [3.8, 4) is 0 Å². The molecular weight excluding hydrogens is 204 g/mol. The molecule has 0 rings (SSSR count). The SMILES string of the molecule is CC(C)[C@H](C(=O)NCCC(N)=O)C(C)(C)C. The van der Waals surface area contributed by atoms with Gasteiger partial charge in [-0.05, 0) is 11.3 Å². The maximum absolute atomic E-state index is 11.9. The first-order valence-corrected chi connectivity index (χ1v) is 5.72. The maximum Gasteiger partial charge on any atom is 0.223 e. The van der Waals surface area contributed by atoms with E-state index < -0.39 is 5.91 Å². The molecule has 0 unspecified atom stereocenters. The summed E-state index contributed by atoms with van der Waals surface area (Å²) < 4.78 is 0. The molecular formula is C12H24N2O2. The normalized spacial score (nSPS) is 13.6. The summed E-state index contributed by atoms with van der Waals surface area (Å²) in [6.07, 6.45) is 0.195. The van der Waals surface area contributed by atoms with Crippen LogP contribution in [0.3, 0.4) is 0 Å². The van der Waals surface area contributed by atoms with Gasteiger partial charge in [0.15, 0.2) is 0 Å². The Kier molecular flexibility index (Phi) is 5.48. The van der Waals surface area contributed by atoms with Crippen LogP contribution in [0.15, 0.2) is 0 Å². The summed E-state index contributed by atoms with van der Waals surface area (Å²) in [7, 11) is 0. The lowest BCUT2D eigenvalue weighted by molar-refractivity contribution is -0.130. The number of nitrogens with one attached hydrogen (secondary N) is 1. The van der Waals surface area contributed by atoms with Gasteiger partial charge in [0.1, 0.15) is 0 Å². The largest absolute Gasteiger partial charge is 0.370 e. The van der Waals surface area contributed by atoms with Gasteiger partial charge in [0.2, 0.25) is 11.8 Å². The van der Waals surface area contributed by atoms with Gasteiger partial charge in [-0.25, -0.2) is 0 Å². The Morgan fingerprint density at radius 2 is 1.75 bits per heavy atom. The van der Waals surface area contributed by atoms with Crippen molar-refractivity contribution in [3.05, 3.63) is 0 Å². The summed E-state index contributed by atoms with van der Waals surface area (Å²) in [4.78, 5) is 22.5. The second kappa shape index (κ2) is 5.87. The van der Waals surface area contributed by atoms with Crippen molar-refractivity contribution in [2.45, 2.75) is 41.0 Å². The fraction of sp³-hybridized carbons (Fsp3) is 0.833. The smallest absolute Gasteiger partial charge is 0.223 e. The molecule has 0 aromatic carbocycles. The zero-order valence-corrected chi connectivity index (χ0v) is 11.0. The molecule has 0 bridgehead atoms. The van der Waals surface area contributed by atoms with Crippen LogP contribution in [0.4, 0.5) is 0 Å². The van der Waals surface area contributed by atoms with Crippen LogP contribution in [0.2, 0.25) is 0 Å². The minimum absolute atomic E-state index is 0.00347. The molecule has 0 spiro atoms. The van der Waals surface area contributed by atoms with E-state index in [1.54, 1.807) is 0 Å². The second-order valence-corrected chi connectivity index (χ2v) is 5.60. The number of rotatable bonds is 5. The fourth-order valence-electron chi connectivity index (χ4n) is 2.11. The highest BCUT2D eigenvalue weighted by molar-refractivity contribution is 5.80. The molecule has 0 aliphatic heterocycles. The van der Waals surface area contributed by atoms with Crippen molar-refractivity contribution in [1.29, 1.82) is 0 Å². The van der Waals surface area contributed by atoms with Gasteiger partial charge >= 0.3 is 0 Å². The van der Waals surface area contributed by atoms with E-state index >= 15 is 0 Å². The molecule has 1 atom stereocenters. The Morgan fingerprint density at radius 1 is 1.25 bits per heavy atom. The number of carbonyl (C=O) groups excluding carboxylic acids is 2. The van der Waals surface area contributed by atoms with E-state index in [1.165, 1.54) is 0 Å². The van der Waals surface area contributed by atoms with Crippen LogP contribution in [0.1, 0.15) is 41.0 Å². The molecule has 2 amide bonds. The number of hydrogen-bond acceptors (Lipinski definition) is 2. The maximum atomic E-state index is 11.9. The Balaban J connectivity index is 4.36. The molecule has 0 aliphatic rings. The van der Waals surface area contributed by atoms with Crippen molar-refractivity contribution in [2.75, 3.05) is 6.54 Å². The Hall–Kier alpha value is -1.06. The first-order valence-electron chi connectivity index (χ1n) is 5.72. The van der Waals surface area contributed by atoms with Crippen LogP contribution in [-0.4, -0.2) is 18.4 Å². The van der Waals surface area contributed by atoms with Gasteiger partial charge in [-0.1, -0.05) is 34.6 Å². The van der Waals surface area contributed by atoms with Gasteiger partial charge in [-0.2, -0.15) is 0 Å². The molecule has 3 N–H and O–H groups in total. The lowest BCUT2D eigenvalue weighted by atomic mass is 9.74. The summed E-state index contributed by atoms with van der Waals surface area (Å²) in [6, 6.07) is 0. The van der Waals surface area contributed by atoms with Gasteiger partial charge in [0, 0.05) is 18.9 Å². The quantitative estimate of drug-likeness (QED) is 0.744. The van der Waals surface area contributed by atoms with Gasteiger partial charge in [0.25, 0.3) is 0 Å². The van der Waals surface area contributed by atoms with Crippen molar-refractivity contribution < 1.29 is 9.59 Å². The highest BCUT2D eigenvalue weighted by Gasteiger charge is 2.33. The third kappa shape index (κ3) is 5.14. The number of amides is 2. The zero-order chi connectivity index (χ0) is 12.9. The van der Waals surface area contributed by atoms with E-state index in [9.17, 15) is 9.59 Å². The van der Waals surface area contributed by atoms with E-state index in [4.69, 9.17) is 5.73 Å². The minimum atomic E-state index is -0.392. The fourth-order valence-corrected chi connectivity index (χ4v) is 2.11. The molecule has 0 heterocycles. The first kappa shape index (κ1) is 14.9. The molecule has 16 heavy (non-hydrogen) atoms. The average molecular weight is 228 g/mol. The van der Waals surface area contributed by atoms with Crippen molar-refractivity contribution in [2.24, 2.45) is 23.0 Å². The number of nitrogens with two attached hydrogens (primary N) is 1. The highest BCUT2D eigenvalue weighted by atomic mass is 16.2. The van der Waals surface area contributed by atoms with Gasteiger partial charge in [-0.15, -0.1) is 0 Å². The van der Waals surface area contributed by atoms with E-state index in [-0.39, 0.29) is 29.6 Å². The van der Waals surface area contributed by atoms with E-state index in [2.05, 4.69) is 5.32 Å². The summed E-state index contributed by atoms with van der Waals surface area (Å²) in [6.45, 7) is 10.5. The van der Waals surface area contributed by atoms with Crippen molar-refractivity contribution in [3.63, 3.8) is 0 Å². The monoisotopic (exact) mass is 228 g/mol. The summed E-state index contributed by atoms with van der Waals surface area (Å²) in [5.74, 6) is -0.171. The Labute approximate surface area is 98.0 Å². The molecule has 0 fully saturated rings. The third-order valence-corrected chi connectivity index (χ3v) is 2.55. The van der Waals surface area contributed by atoms with E-state index in [1.807, 2.05) is 34.6 Å². The van der Waals surface area contributed by atoms with Crippen molar-refractivity contribution in [1.82, 2.24) is 5.32 Å². The van der Waals surface area contributed by atoms with Crippen LogP contribution < -0.4 is 11.1 Å². The molecule has 94 valence electrons. The number of primary amides is 1. The van der Waals surface area contributed by atoms with Crippen LogP contribution in [0.5, 0.6) is 0 Å². The van der Waals surface area contributed by atoms with Gasteiger partial charge in [-0.3, -0.25) is 9.59 Å². The second-order valence-electron chi connectivity index (χ2n) is 5.60. The van der Waals surface area contributed by atoms with E-state index in [0.717, 1.165) is 0 Å². The summed E-state index contributed by atoms with van der Waals surface area (Å²) in [5.41, 5.74) is 4.93. The predicted octanol–water partition coefficient (Wildman–Crippen LogP) is 1.30. The van der Waals surface area contributed by atoms with Crippen LogP contribution >= 0.6 is 0 Å². The van der Waals surface area contributed by atoms with Crippen molar-refractivity contribution >= 4 is 11.8 Å². The number of hydrogen-bond donors (Lipinski definition) is 2. The Morgan fingerprint density at radius 3 is 2.06 bits per heavy atom. The standard InChI is InChI=1S/C12H24N2O2/c1-8(2)10(12(3,4)5)11(16)14-7-6-9(13)15/h8,10H,6-7H2,1-5H3,(H2,13,15)(H,14,16)/t10-/m1/s1. The first-order chi connectivity index (χ1) is 7.16. The molecule has 0 radical (unpaired) electrons. The topological polar surface area (TPSA) is 72.2 Å². The van der Waals surface area contributed by atoms with Gasteiger partial charge in [0.05, 0.1) is 0 Å². The minimum Gasteiger partial charge on any atom is -0.370 e. The average Bonchev–Trinajstić information content (AvgIpc) is 1.98. The lowest BCUT2D eigenvalue weighted by Crippen LogP contribution is -2.41. The summed E-state index contributed by atoms with van der Waals surface area (Å²) >= 11 is 0. The molecule has 0 aromatic heterocycles. The molecule has 0 saturated carbocycles. The van der Waals surface area contributed by atoms with E-state index in [0.29, 0.717) is 6.54 Å². The number of carbonyl (C=O) groups is 2. The van der Waals surface area contributed by atoms with Crippen LogP contribution in [-0.2, 0) is 9.59 Å². The molecule has 0 aromatic rings. The molecule has 0 saturated heterocycles. The molecule has 4 heteroatoms. The summed E-state index contributed by atoms with van der Waals surface area (Å²) in [5, 5.41) is 2.76.